The van der Waals surface area contributed by atoms with Gasteiger partial charge in [0.15, 0.2) is 4.80 Å². The number of nitro benzene ring substituents is 1. The summed E-state index contributed by atoms with van der Waals surface area (Å²) >= 11 is 1.44. The van der Waals surface area contributed by atoms with Crippen LogP contribution in [0.25, 0.3) is 16.3 Å². The highest BCUT2D eigenvalue weighted by atomic mass is 32.1. The van der Waals surface area contributed by atoms with Crippen molar-refractivity contribution in [2.24, 2.45) is 4.99 Å². The van der Waals surface area contributed by atoms with Crippen molar-refractivity contribution in [3.8, 4) is 0 Å². The molecule has 0 aliphatic carbocycles. The Kier molecular flexibility index (Phi) is 6.13. The van der Waals surface area contributed by atoms with E-state index in [1.165, 1.54) is 35.6 Å². The lowest BCUT2D eigenvalue weighted by Gasteiger charge is -2.06. The van der Waals surface area contributed by atoms with Crippen LogP contribution in [0.5, 0.6) is 0 Å². The fourth-order valence-corrected chi connectivity index (χ4v) is 3.96. The van der Waals surface area contributed by atoms with Gasteiger partial charge in [0, 0.05) is 31.9 Å². The van der Waals surface area contributed by atoms with Crippen molar-refractivity contribution in [1.82, 2.24) is 4.57 Å². The van der Waals surface area contributed by atoms with Crippen molar-refractivity contribution in [2.45, 2.75) is 13.5 Å². The Bertz CT molecular complexity index is 1130. The monoisotopic (exact) mass is 397 g/mol. The van der Waals surface area contributed by atoms with Crippen LogP contribution >= 0.6 is 11.3 Å². The zero-order valence-electron chi connectivity index (χ0n) is 15.5. The molecule has 0 aliphatic rings. The van der Waals surface area contributed by atoms with Gasteiger partial charge in [-0.15, -0.1) is 0 Å². The Labute approximate surface area is 165 Å². The fraction of sp³-hybridized carbons (Fsp3) is 0.200. The molecule has 3 aromatic rings. The smallest absolute Gasteiger partial charge is 0.272 e. The summed E-state index contributed by atoms with van der Waals surface area (Å²) in [5.41, 5.74) is 2.69. The number of methoxy groups -OCH3 is 1. The van der Waals surface area contributed by atoms with Gasteiger partial charge in [-0.05, 0) is 30.2 Å². The van der Waals surface area contributed by atoms with Crippen LogP contribution < -0.4 is 4.80 Å². The number of hydrogen-bond acceptors (Lipinski definition) is 5. The number of carbonyl (C=O) groups is 1. The van der Waals surface area contributed by atoms with Crippen LogP contribution in [0.2, 0.25) is 0 Å². The molecular formula is C20H19N3O4S. The zero-order chi connectivity index (χ0) is 20.1. The number of para-hydroxylation sites is 1. The number of thiazole rings is 1. The number of fused-ring (bicyclic) bond motifs is 1. The molecule has 1 heterocycles. The van der Waals surface area contributed by atoms with Crippen LogP contribution in [0, 0.1) is 17.0 Å². The zero-order valence-corrected chi connectivity index (χ0v) is 16.3. The molecule has 1 amide bonds. The summed E-state index contributed by atoms with van der Waals surface area (Å²) in [7, 11) is 1.63. The lowest BCUT2D eigenvalue weighted by Crippen LogP contribution is -2.19. The van der Waals surface area contributed by atoms with Gasteiger partial charge in [0.1, 0.15) is 0 Å². The van der Waals surface area contributed by atoms with Gasteiger partial charge in [0.25, 0.3) is 11.6 Å². The molecule has 0 spiro atoms. The van der Waals surface area contributed by atoms with E-state index in [0.717, 1.165) is 15.8 Å². The molecule has 8 heteroatoms. The van der Waals surface area contributed by atoms with Crippen molar-refractivity contribution >= 4 is 39.2 Å². The van der Waals surface area contributed by atoms with Gasteiger partial charge in [0.05, 0.1) is 21.7 Å². The predicted octanol–water partition coefficient (Wildman–Crippen LogP) is 3.71. The minimum absolute atomic E-state index is 0.0241. The largest absolute Gasteiger partial charge is 0.383 e. The van der Waals surface area contributed by atoms with Crippen LogP contribution in [-0.4, -0.2) is 29.1 Å². The van der Waals surface area contributed by atoms with Gasteiger partial charge in [-0.2, -0.15) is 4.99 Å². The van der Waals surface area contributed by atoms with Gasteiger partial charge >= 0.3 is 0 Å². The number of non-ortho nitro benzene ring substituents is 1. The third kappa shape index (κ3) is 4.41. The Morgan fingerprint density at radius 1 is 1.32 bits per heavy atom. The second-order valence-electron chi connectivity index (χ2n) is 6.09. The molecule has 144 valence electrons. The van der Waals surface area contributed by atoms with Crippen molar-refractivity contribution in [2.75, 3.05) is 13.7 Å². The third-order valence-electron chi connectivity index (χ3n) is 4.13. The second kappa shape index (κ2) is 8.73. The Hall–Kier alpha value is -3.10. The second-order valence-corrected chi connectivity index (χ2v) is 7.10. The van der Waals surface area contributed by atoms with Crippen LogP contribution in [0.4, 0.5) is 5.69 Å². The van der Waals surface area contributed by atoms with E-state index < -0.39 is 10.8 Å². The maximum absolute atomic E-state index is 12.4. The van der Waals surface area contributed by atoms with Gasteiger partial charge in [-0.3, -0.25) is 14.9 Å². The molecule has 0 bridgehead atoms. The van der Waals surface area contributed by atoms with Crippen molar-refractivity contribution in [1.29, 1.82) is 0 Å². The first kappa shape index (κ1) is 19.7. The minimum Gasteiger partial charge on any atom is -0.383 e. The SMILES string of the molecule is COCCn1c(=NC(=O)/C=C/c2cccc([N+](=O)[O-])c2)sc2cccc(C)c21. The molecule has 0 saturated heterocycles. The molecule has 0 unspecified atom stereocenters. The Balaban J connectivity index is 1.95. The Morgan fingerprint density at radius 3 is 2.86 bits per heavy atom. The number of ether oxygens (including phenoxy) is 1. The lowest BCUT2D eigenvalue weighted by molar-refractivity contribution is -0.384. The van der Waals surface area contributed by atoms with Gasteiger partial charge in [-0.1, -0.05) is 35.6 Å². The number of benzene rings is 2. The van der Waals surface area contributed by atoms with Crippen molar-refractivity contribution < 1.29 is 14.5 Å². The molecule has 28 heavy (non-hydrogen) atoms. The number of nitrogens with zero attached hydrogens (tertiary/aromatic N) is 3. The number of rotatable bonds is 6. The number of hydrogen-bond donors (Lipinski definition) is 0. The minimum atomic E-state index is -0.470. The summed E-state index contributed by atoms with van der Waals surface area (Å²) in [6.45, 7) is 3.11. The number of amides is 1. The number of nitro groups is 1. The summed E-state index contributed by atoms with van der Waals surface area (Å²) in [5.74, 6) is -0.429. The number of aromatic nitrogens is 1. The molecule has 1 aromatic heterocycles. The maximum Gasteiger partial charge on any atom is 0.272 e. The maximum atomic E-state index is 12.4. The summed E-state index contributed by atoms with van der Waals surface area (Å²) in [4.78, 5) is 27.6. The summed E-state index contributed by atoms with van der Waals surface area (Å²) in [6, 6.07) is 12.1. The highest BCUT2D eigenvalue weighted by Gasteiger charge is 2.09. The normalized spacial score (nSPS) is 12.1. The molecule has 7 nitrogen and oxygen atoms in total. The van der Waals surface area contributed by atoms with E-state index in [9.17, 15) is 14.9 Å². The first-order valence-electron chi connectivity index (χ1n) is 8.58. The first-order chi connectivity index (χ1) is 13.5. The molecule has 0 saturated carbocycles. The molecular weight excluding hydrogens is 378 g/mol. The standard InChI is InChI=1S/C20H19N3O4S/c1-14-5-3-8-17-19(14)22(11-12-27-2)20(28-17)21-18(24)10-9-15-6-4-7-16(13-15)23(25)26/h3-10,13H,11-12H2,1-2H3/b10-9+,21-20?. The van der Waals surface area contributed by atoms with Crippen molar-refractivity contribution in [3.05, 3.63) is 74.6 Å². The van der Waals surface area contributed by atoms with Gasteiger partial charge < -0.3 is 9.30 Å². The molecule has 0 atom stereocenters. The Morgan fingerprint density at radius 2 is 2.11 bits per heavy atom. The average Bonchev–Trinajstić information content (AvgIpc) is 3.03. The van der Waals surface area contributed by atoms with Crippen LogP contribution in [0.3, 0.4) is 0 Å². The first-order valence-corrected chi connectivity index (χ1v) is 9.40. The van der Waals surface area contributed by atoms with Crippen LogP contribution in [0.15, 0.2) is 53.5 Å². The molecule has 0 aliphatic heterocycles. The van der Waals surface area contributed by atoms with E-state index in [1.807, 2.05) is 29.7 Å². The van der Waals surface area contributed by atoms with E-state index in [2.05, 4.69) is 4.99 Å². The van der Waals surface area contributed by atoms with E-state index >= 15 is 0 Å². The third-order valence-corrected chi connectivity index (χ3v) is 5.17. The topological polar surface area (TPSA) is 86.7 Å². The van der Waals surface area contributed by atoms with E-state index in [4.69, 9.17) is 4.74 Å². The van der Waals surface area contributed by atoms with Crippen molar-refractivity contribution in [3.63, 3.8) is 0 Å². The predicted molar refractivity (Wildman–Crippen MR) is 109 cm³/mol. The number of carbonyl (C=O) groups excluding carboxylic acids is 1. The van der Waals surface area contributed by atoms with E-state index in [1.54, 1.807) is 19.2 Å². The van der Waals surface area contributed by atoms with Crippen LogP contribution in [-0.2, 0) is 16.1 Å². The molecule has 3 rings (SSSR count). The molecule has 0 radical (unpaired) electrons. The summed E-state index contributed by atoms with van der Waals surface area (Å²) < 4.78 is 8.22. The summed E-state index contributed by atoms with van der Waals surface area (Å²) in [5, 5.41) is 10.9. The average molecular weight is 397 g/mol. The molecule has 0 fully saturated rings. The number of aryl methyl sites for hydroxylation is 1. The quantitative estimate of drug-likeness (QED) is 0.360. The molecule has 0 N–H and O–H groups in total. The van der Waals surface area contributed by atoms with E-state index in [-0.39, 0.29) is 5.69 Å². The fourth-order valence-electron chi connectivity index (χ4n) is 2.82. The highest BCUT2D eigenvalue weighted by molar-refractivity contribution is 7.16. The van der Waals surface area contributed by atoms with Gasteiger partial charge in [-0.25, -0.2) is 0 Å². The summed E-state index contributed by atoms with van der Waals surface area (Å²) in [6.07, 6.45) is 2.84. The van der Waals surface area contributed by atoms with E-state index in [0.29, 0.717) is 23.5 Å². The van der Waals surface area contributed by atoms with Crippen LogP contribution in [0.1, 0.15) is 11.1 Å². The van der Waals surface area contributed by atoms with Gasteiger partial charge in [0.2, 0.25) is 0 Å². The lowest BCUT2D eigenvalue weighted by atomic mass is 10.2. The highest BCUT2D eigenvalue weighted by Crippen LogP contribution is 2.21. The molecule has 2 aromatic carbocycles.